The van der Waals surface area contributed by atoms with Gasteiger partial charge in [0.05, 0.1) is 12.2 Å². The number of hydrogen-bond acceptors (Lipinski definition) is 5. The van der Waals surface area contributed by atoms with E-state index >= 15 is 0 Å². The second kappa shape index (κ2) is 10.7. The van der Waals surface area contributed by atoms with E-state index in [-0.39, 0.29) is 11.4 Å². The molecular formula is C36H26N4O2. The molecule has 0 amide bonds. The minimum Gasteiger partial charge on any atom is -0.374 e. The second-order valence-electron chi connectivity index (χ2n) is 10.1. The third kappa shape index (κ3) is 4.55. The summed E-state index contributed by atoms with van der Waals surface area (Å²) in [6, 6.07) is 36.2. The van der Waals surface area contributed by atoms with Gasteiger partial charge in [-0.2, -0.15) is 0 Å². The quantitative estimate of drug-likeness (QED) is 0.138. The summed E-state index contributed by atoms with van der Waals surface area (Å²) in [6.45, 7) is 0.333. The number of nitrogens with one attached hydrogen (secondary N) is 3. The van der Waals surface area contributed by atoms with Crippen LogP contribution in [0, 0.1) is 0 Å². The Morgan fingerprint density at radius 3 is 2.31 bits per heavy atom. The van der Waals surface area contributed by atoms with E-state index in [9.17, 15) is 9.59 Å². The van der Waals surface area contributed by atoms with Crippen LogP contribution in [0.3, 0.4) is 0 Å². The fourth-order valence-electron chi connectivity index (χ4n) is 5.46. The van der Waals surface area contributed by atoms with Crippen molar-refractivity contribution >= 4 is 50.4 Å². The molecule has 7 rings (SSSR count). The van der Waals surface area contributed by atoms with Crippen LogP contribution in [0.25, 0.3) is 33.3 Å². The van der Waals surface area contributed by atoms with E-state index in [0.717, 1.165) is 55.3 Å². The molecule has 0 fully saturated rings. The molecule has 202 valence electrons. The van der Waals surface area contributed by atoms with E-state index in [1.165, 1.54) is 0 Å². The summed E-state index contributed by atoms with van der Waals surface area (Å²) in [7, 11) is 0. The molecule has 7 aromatic rings. The first-order valence-corrected chi connectivity index (χ1v) is 13.8. The van der Waals surface area contributed by atoms with Crippen LogP contribution >= 0.6 is 0 Å². The molecule has 6 nitrogen and oxygen atoms in total. The number of fused-ring (bicyclic) bond motifs is 2. The van der Waals surface area contributed by atoms with Crippen molar-refractivity contribution in [3.63, 3.8) is 0 Å². The van der Waals surface area contributed by atoms with Crippen LogP contribution in [0.2, 0.25) is 0 Å². The van der Waals surface area contributed by atoms with Gasteiger partial charge in [0.2, 0.25) is 0 Å². The highest BCUT2D eigenvalue weighted by Crippen LogP contribution is 2.41. The Morgan fingerprint density at radius 1 is 0.738 bits per heavy atom. The lowest BCUT2D eigenvalue weighted by atomic mass is 9.89. The third-order valence-electron chi connectivity index (χ3n) is 7.53. The van der Waals surface area contributed by atoms with Gasteiger partial charge in [-0.3, -0.25) is 14.6 Å². The molecule has 5 aromatic carbocycles. The number of anilines is 3. The van der Waals surface area contributed by atoms with E-state index in [1.54, 1.807) is 6.20 Å². The van der Waals surface area contributed by atoms with E-state index in [1.807, 2.05) is 79.0 Å². The maximum absolute atomic E-state index is 12.9. The molecule has 2 heterocycles. The predicted molar refractivity (Wildman–Crippen MR) is 172 cm³/mol. The summed E-state index contributed by atoms with van der Waals surface area (Å²) < 4.78 is 0. The monoisotopic (exact) mass is 546 g/mol. The lowest BCUT2D eigenvalue weighted by molar-refractivity contribution is 1.04. The molecule has 3 N–H and O–H groups in total. The fraction of sp³-hybridized carbons (Fsp3) is 0.0278. The standard InChI is InChI=1S/C36H26N4O2/c41-35-33(39-21-25-13-8-9-19-37-25)34(36(35)42)40-31-18-17-24-12-4-5-14-26(24)32(31)28(20-23-10-2-1-3-11-23)29-22-38-30-16-7-6-15-27(29)30/h1-20,22,38-40H,21H2. The number of para-hydroxylation sites is 1. The Hall–Kier alpha value is -5.75. The van der Waals surface area contributed by atoms with Crippen molar-refractivity contribution in [1.82, 2.24) is 9.97 Å². The number of rotatable bonds is 8. The van der Waals surface area contributed by atoms with E-state index in [0.29, 0.717) is 6.54 Å². The average molecular weight is 547 g/mol. The molecule has 0 spiro atoms. The summed E-state index contributed by atoms with van der Waals surface area (Å²) in [4.78, 5) is 33.3. The van der Waals surface area contributed by atoms with Crippen molar-refractivity contribution in [2.24, 2.45) is 0 Å². The van der Waals surface area contributed by atoms with Gasteiger partial charge in [0, 0.05) is 40.1 Å². The van der Waals surface area contributed by atoms with Crippen molar-refractivity contribution in [2.45, 2.75) is 6.54 Å². The third-order valence-corrected chi connectivity index (χ3v) is 7.53. The topological polar surface area (TPSA) is 86.9 Å². The number of pyridine rings is 1. The van der Waals surface area contributed by atoms with Crippen LogP contribution in [0.4, 0.5) is 17.1 Å². The molecule has 0 bridgehead atoms. The lowest BCUT2D eigenvalue weighted by Gasteiger charge is -2.20. The molecule has 0 radical (unpaired) electrons. The van der Waals surface area contributed by atoms with Gasteiger partial charge in [-0.1, -0.05) is 84.9 Å². The van der Waals surface area contributed by atoms with Crippen molar-refractivity contribution < 1.29 is 0 Å². The lowest BCUT2D eigenvalue weighted by Crippen LogP contribution is -2.36. The van der Waals surface area contributed by atoms with Gasteiger partial charge < -0.3 is 15.6 Å². The molecule has 0 aliphatic carbocycles. The van der Waals surface area contributed by atoms with Crippen LogP contribution in [0.15, 0.2) is 131 Å². The molecular weight excluding hydrogens is 520 g/mol. The summed E-state index contributed by atoms with van der Waals surface area (Å²) >= 11 is 0. The van der Waals surface area contributed by atoms with Gasteiger partial charge in [0.25, 0.3) is 10.9 Å². The number of H-pyrrole nitrogens is 1. The summed E-state index contributed by atoms with van der Waals surface area (Å²) in [5.74, 6) is 0. The summed E-state index contributed by atoms with van der Waals surface area (Å²) in [5.41, 5.74) is 5.98. The first kappa shape index (κ1) is 25.2. The molecule has 0 aliphatic rings. The van der Waals surface area contributed by atoms with Crippen LogP contribution in [0.1, 0.15) is 22.4 Å². The minimum atomic E-state index is -0.543. The average Bonchev–Trinajstić information content (AvgIpc) is 3.48. The number of hydrogen-bond donors (Lipinski definition) is 3. The number of aromatic amines is 1. The van der Waals surface area contributed by atoms with Crippen molar-refractivity contribution in [2.75, 3.05) is 10.6 Å². The van der Waals surface area contributed by atoms with Gasteiger partial charge in [-0.15, -0.1) is 0 Å². The van der Waals surface area contributed by atoms with Gasteiger partial charge in [-0.05, 0) is 52.3 Å². The van der Waals surface area contributed by atoms with Crippen LogP contribution in [0.5, 0.6) is 0 Å². The zero-order valence-electron chi connectivity index (χ0n) is 22.6. The molecule has 0 aliphatic heterocycles. The first-order valence-electron chi connectivity index (χ1n) is 13.8. The zero-order valence-corrected chi connectivity index (χ0v) is 22.6. The molecule has 2 aromatic heterocycles. The molecule has 42 heavy (non-hydrogen) atoms. The van der Waals surface area contributed by atoms with Crippen LogP contribution in [-0.4, -0.2) is 9.97 Å². The Bertz CT molecular complexity index is 2150. The highest BCUT2D eigenvalue weighted by molar-refractivity contribution is 6.11. The van der Waals surface area contributed by atoms with E-state index in [4.69, 9.17) is 0 Å². The summed E-state index contributed by atoms with van der Waals surface area (Å²) in [6.07, 6.45) is 5.90. The fourth-order valence-corrected chi connectivity index (χ4v) is 5.46. The largest absolute Gasteiger partial charge is 0.374 e. The smallest absolute Gasteiger partial charge is 0.253 e. The maximum Gasteiger partial charge on any atom is 0.253 e. The van der Waals surface area contributed by atoms with Gasteiger partial charge >= 0.3 is 0 Å². The van der Waals surface area contributed by atoms with E-state index < -0.39 is 10.9 Å². The second-order valence-corrected chi connectivity index (χ2v) is 10.1. The highest BCUT2D eigenvalue weighted by atomic mass is 16.2. The van der Waals surface area contributed by atoms with Crippen LogP contribution < -0.4 is 21.5 Å². The first-order chi connectivity index (χ1) is 20.7. The van der Waals surface area contributed by atoms with Gasteiger partial charge in [0.1, 0.15) is 11.4 Å². The molecule has 0 saturated carbocycles. The van der Waals surface area contributed by atoms with Crippen LogP contribution in [-0.2, 0) is 6.54 Å². The SMILES string of the molecule is O=c1c(NCc2ccccn2)c(Nc2ccc3ccccc3c2C(=Cc2ccccc2)c2c[nH]c3ccccc23)c1=O. The molecule has 0 unspecified atom stereocenters. The van der Waals surface area contributed by atoms with Crippen molar-refractivity contribution in [3.05, 3.63) is 164 Å². The molecule has 0 saturated heterocycles. The van der Waals surface area contributed by atoms with Gasteiger partial charge in [-0.25, -0.2) is 0 Å². The Labute approximate surface area is 241 Å². The normalized spacial score (nSPS) is 11.8. The minimum absolute atomic E-state index is 0.255. The van der Waals surface area contributed by atoms with E-state index in [2.05, 4.69) is 63.1 Å². The maximum atomic E-state index is 12.9. The Morgan fingerprint density at radius 2 is 1.48 bits per heavy atom. The highest BCUT2D eigenvalue weighted by Gasteiger charge is 2.24. The van der Waals surface area contributed by atoms with Gasteiger partial charge in [0.15, 0.2) is 0 Å². The molecule has 6 heteroatoms. The van der Waals surface area contributed by atoms with Crippen molar-refractivity contribution in [1.29, 1.82) is 0 Å². The number of benzene rings is 4. The Balaban J connectivity index is 1.40. The van der Waals surface area contributed by atoms with Crippen molar-refractivity contribution in [3.8, 4) is 0 Å². The zero-order chi connectivity index (χ0) is 28.5. The number of nitrogens with zero attached hydrogens (tertiary/aromatic N) is 1. The Kier molecular flexibility index (Phi) is 6.41. The predicted octanol–water partition coefficient (Wildman–Crippen LogP) is 7.26. The summed E-state index contributed by atoms with van der Waals surface area (Å²) in [5, 5.41) is 9.66. The number of aromatic nitrogens is 2. The molecule has 0 atom stereocenters.